The zero-order chi connectivity index (χ0) is 13.9. The van der Waals surface area contributed by atoms with E-state index < -0.39 is 0 Å². The standard InChI is InChI=1S/C16H35N3/c1-3-5-6-7-11-18-12-8-13-19(15-14-18)16(4-2)9-10-17/h16H,3-15,17H2,1-2H3. The van der Waals surface area contributed by atoms with Crippen LogP contribution in [0.25, 0.3) is 0 Å². The zero-order valence-electron chi connectivity index (χ0n) is 13.2. The van der Waals surface area contributed by atoms with E-state index in [1.54, 1.807) is 0 Å². The van der Waals surface area contributed by atoms with Crippen LogP contribution in [0.4, 0.5) is 0 Å². The molecule has 1 aliphatic rings. The molecule has 1 heterocycles. The molecule has 3 heteroatoms. The van der Waals surface area contributed by atoms with Gasteiger partial charge in [0.2, 0.25) is 0 Å². The number of unbranched alkanes of at least 4 members (excludes halogenated alkanes) is 3. The summed E-state index contributed by atoms with van der Waals surface area (Å²) in [5.41, 5.74) is 5.74. The number of rotatable bonds is 9. The van der Waals surface area contributed by atoms with Crippen molar-refractivity contribution < 1.29 is 0 Å². The maximum atomic E-state index is 5.74. The van der Waals surface area contributed by atoms with Crippen molar-refractivity contribution in [1.82, 2.24) is 9.80 Å². The Bertz CT molecular complexity index is 208. The predicted molar refractivity (Wildman–Crippen MR) is 84.5 cm³/mol. The van der Waals surface area contributed by atoms with Gasteiger partial charge in [0.05, 0.1) is 0 Å². The molecule has 1 rings (SSSR count). The van der Waals surface area contributed by atoms with Gasteiger partial charge in [-0.05, 0) is 51.9 Å². The van der Waals surface area contributed by atoms with Gasteiger partial charge in [0.25, 0.3) is 0 Å². The Morgan fingerprint density at radius 3 is 2.53 bits per heavy atom. The molecule has 1 fully saturated rings. The zero-order valence-corrected chi connectivity index (χ0v) is 13.2. The van der Waals surface area contributed by atoms with Gasteiger partial charge in [0.15, 0.2) is 0 Å². The Balaban J connectivity index is 2.26. The monoisotopic (exact) mass is 269 g/mol. The lowest BCUT2D eigenvalue weighted by molar-refractivity contribution is 0.185. The summed E-state index contributed by atoms with van der Waals surface area (Å²) in [7, 11) is 0. The molecule has 19 heavy (non-hydrogen) atoms. The van der Waals surface area contributed by atoms with Crippen LogP contribution in [0, 0.1) is 0 Å². The van der Waals surface area contributed by atoms with E-state index in [1.807, 2.05) is 0 Å². The van der Waals surface area contributed by atoms with Crippen LogP contribution in [-0.2, 0) is 0 Å². The number of nitrogens with two attached hydrogens (primary N) is 1. The largest absolute Gasteiger partial charge is 0.330 e. The second kappa shape index (κ2) is 10.6. The molecule has 2 N–H and O–H groups in total. The highest BCUT2D eigenvalue weighted by molar-refractivity contribution is 4.76. The van der Waals surface area contributed by atoms with E-state index in [4.69, 9.17) is 5.73 Å². The van der Waals surface area contributed by atoms with Crippen LogP contribution in [0.5, 0.6) is 0 Å². The Labute approximate surface area is 120 Å². The van der Waals surface area contributed by atoms with Crippen LogP contribution in [-0.4, -0.2) is 55.1 Å². The van der Waals surface area contributed by atoms with Gasteiger partial charge in [0, 0.05) is 19.1 Å². The molecule has 0 amide bonds. The first-order valence-electron chi connectivity index (χ1n) is 8.48. The highest BCUT2D eigenvalue weighted by Gasteiger charge is 2.19. The van der Waals surface area contributed by atoms with Gasteiger partial charge in [-0.1, -0.05) is 33.1 Å². The minimum atomic E-state index is 0.713. The van der Waals surface area contributed by atoms with Crippen molar-refractivity contribution in [3.05, 3.63) is 0 Å². The summed E-state index contributed by atoms with van der Waals surface area (Å²) in [6, 6.07) is 0.713. The van der Waals surface area contributed by atoms with Crippen LogP contribution in [0.1, 0.15) is 58.8 Å². The van der Waals surface area contributed by atoms with Gasteiger partial charge in [0.1, 0.15) is 0 Å². The molecule has 0 aromatic carbocycles. The molecule has 0 aromatic rings. The Hall–Kier alpha value is -0.120. The number of hydrogen-bond donors (Lipinski definition) is 1. The van der Waals surface area contributed by atoms with Crippen LogP contribution in [0.15, 0.2) is 0 Å². The first kappa shape index (κ1) is 16.9. The van der Waals surface area contributed by atoms with E-state index in [0.717, 1.165) is 13.0 Å². The number of hydrogen-bond acceptors (Lipinski definition) is 3. The maximum absolute atomic E-state index is 5.74. The lowest BCUT2D eigenvalue weighted by Crippen LogP contribution is -2.39. The van der Waals surface area contributed by atoms with E-state index in [9.17, 15) is 0 Å². The summed E-state index contributed by atoms with van der Waals surface area (Å²) in [4.78, 5) is 5.35. The predicted octanol–water partition coefficient (Wildman–Crippen LogP) is 2.70. The lowest BCUT2D eigenvalue weighted by Gasteiger charge is -2.29. The molecular formula is C16H35N3. The molecular weight excluding hydrogens is 234 g/mol. The molecule has 0 aliphatic carbocycles. The first-order valence-corrected chi connectivity index (χ1v) is 8.48. The minimum absolute atomic E-state index is 0.713. The SMILES string of the molecule is CCCCCCN1CCCN(C(CC)CCN)CC1. The summed E-state index contributed by atoms with van der Waals surface area (Å²) in [5.74, 6) is 0. The third kappa shape index (κ3) is 6.73. The van der Waals surface area contributed by atoms with Gasteiger partial charge in [-0.2, -0.15) is 0 Å². The average Bonchev–Trinajstić information content (AvgIpc) is 2.66. The van der Waals surface area contributed by atoms with Crippen molar-refractivity contribution in [3.8, 4) is 0 Å². The Kier molecular flexibility index (Phi) is 9.48. The molecule has 1 atom stereocenters. The Morgan fingerprint density at radius 2 is 1.84 bits per heavy atom. The molecule has 1 saturated heterocycles. The molecule has 3 nitrogen and oxygen atoms in total. The van der Waals surface area contributed by atoms with Crippen molar-refractivity contribution in [2.24, 2.45) is 5.73 Å². The molecule has 0 saturated carbocycles. The van der Waals surface area contributed by atoms with Crippen molar-refractivity contribution in [2.45, 2.75) is 64.8 Å². The van der Waals surface area contributed by atoms with E-state index >= 15 is 0 Å². The number of nitrogens with zero attached hydrogens (tertiary/aromatic N) is 2. The minimum Gasteiger partial charge on any atom is -0.330 e. The van der Waals surface area contributed by atoms with Crippen molar-refractivity contribution in [2.75, 3.05) is 39.3 Å². The highest BCUT2D eigenvalue weighted by Crippen LogP contribution is 2.13. The fourth-order valence-corrected chi connectivity index (χ4v) is 3.18. The van der Waals surface area contributed by atoms with Gasteiger partial charge in [-0.25, -0.2) is 0 Å². The van der Waals surface area contributed by atoms with Crippen molar-refractivity contribution in [1.29, 1.82) is 0 Å². The molecule has 0 bridgehead atoms. The second-order valence-corrected chi connectivity index (χ2v) is 5.93. The van der Waals surface area contributed by atoms with E-state index in [1.165, 1.54) is 71.2 Å². The molecule has 114 valence electrons. The fraction of sp³-hybridized carbons (Fsp3) is 1.00. The third-order valence-corrected chi connectivity index (χ3v) is 4.44. The molecule has 1 unspecified atom stereocenters. The van der Waals surface area contributed by atoms with Gasteiger partial charge < -0.3 is 10.6 Å². The maximum Gasteiger partial charge on any atom is 0.0112 e. The lowest BCUT2D eigenvalue weighted by atomic mass is 10.1. The van der Waals surface area contributed by atoms with Crippen LogP contribution in [0.3, 0.4) is 0 Å². The summed E-state index contributed by atoms with van der Waals surface area (Å²) in [5, 5.41) is 0. The smallest absolute Gasteiger partial charge is 0.0112 e. The van der Waals surface area contributed by atoms with Crippen LogP contribution < -0.4 is 5.73 Å². The fourth-order valence-electron chi connectivity index (χ4n) is 3.18. The quantitative estimate of drug-likeness (QED) is 0.653. The van der Waals surface area contributed by atoms with Crippen molar-refractivity contribution in [3.63, 3.8) is 0 Å². The Morgan fingerprint density at radius 1 is 1.00 bits per heavy atom. The first-order chi connectivity index (χ1) is 9.31. The second-order valence-electron chi connectivity index (χ2n) is 5.93. The van der Waals surface area contributed by atoms with Gasteiger partial charge in [-0.3, -0.25) is 4.90 Å². The molecule has 0 aromatic heterocycles. The molecule has 1 aliphatic heterocycles. The van der Waals surface area contributed by atoms with Crippen LogP contribution >= 0.6 is 0 Å². The van der Waals surface area contributed by atoms with Gasteiger partial charge >= 0.3 is 0 Å². The summed E-state index contributed by atoms with van der Waals surface area (Å²) < 4.78 is 0. The van der Waals surface area contributed by atoms with Gasteiger partial charge in [-0.15, -0.1) is 0 Å². The molecule has 0 spiro atoms. The summed E-state index contributed by atoms with van der Waals surface area (Å²) in [6.07, 6.45) is 9.25. The summed E-state index contributed by atoms with van der Waals surface area (Å²) >= 11 is 0. The van der Waals surface area contributed by atoms with Crippen LogP contribution in [0.2, 0.25) is 0 Å². The molecule has 0 radical (unpaired) electrons. The third-order valence-electron chi connectivity index (χ3n) is 4.44. The topological polar surface area (TPSA) is 32.5 Å². The normalized spacial score (nSPS) is 20.4. The van der Waals surface area contributed by atoms with Crippen molar-refractivity contribution >= 4 is 0 Å². The van der Waals surface area contributed by atoms with E-state index in [-0.39, 0.29) is 0 Å². The van der Waals surface area contributed by atoms with E-state index in [0.29, 0.717) is 6.04 Å². The average molecular weight is 269 g/mol. The van der Waals surface area contributed by atoms with E-state index in [2.05, 4.69) is 23.6 Å². The highest BCUT2D eigenvalue weighted by atomic mass is 15.2. The summed E-state index contributed by atoms with van der Waals surface area (Å²) in [6.45, 7) is 11.8.